The van der Waals surface area contributed by atoms with Crippen molar-refractivity contribution in [2.24, 2.45) is 0 Å². The number of rotatable bonds is 2. The molecule has 0 aromatic heterocycles. The van der Waals surface area contributed by atoms with Gasteiger partial charge in [0.2, 0.25) is 0 Å². The van der Waals surface area contributed by atoms with Crippen LogP contribution in [-0.2, 0) is 0 Å². The second kappa shape index (κ2) is 5.24. The predicted molar refractivity (Wildman–Crippen MR) is 50.2 cm³/mol. The standard InChI is InChI=1S/C7H10Br2/c1-3-6(5-8)7(9)4-2/h3-4H,5H2,1-2H3. The van der Waals surface area contributed by atoms with Crippen LogP contribution in [0.5, 0.6) is 0 Å². The maximum absolute atomic E-state index is 3.43. The molecule has 0 radical (unpaired) electrons. The highest BCUT2D eigenvalue weighted by atomic mass is 79.9. The van der Waals surface area contributed by atoms with Gasteiger partial charge in [0.15, 0.2) is 0 Å². The Morgan fingerprint density at radius 3 is 2.00 bits per heavy atom. The first-order valence-corrected chi connectivity index (χ1v) is 4.71. The van der Waals surface area contributed by atoms with Crippen molar-refractivity contribution in [2.75, 3.05) is 5.33 Å². The number of allylic oxidation sites excluding steroid dienone is 4. The van der Waals surface area contributed by atoms with E-state index in [0.717, 1.165) is 5.33 Å². The molecule has 9 heavy (non-hydrogen) atoms. The van der Waals surface area contributed by atoms with Crippen molar-refractivity contribution in [1.82, 2.24) is 0 Å². The van der Waals surface area contributed by atoms with E-state index in [1.807, 2.05) is 19.9 Å². The van der Waals surface area contributed by atoms with Gasteiger partial charge in [-0.2, -0.15) is 0 Å². The van der Waals surface area contributed by atoms with Gasteiger partial charge in [-0.3, -0.25) is 0 Å². The summed E-state index contributed by atoms with van der Waals surface area (Å²) < 4.78 is 1.17. The van der Waals surface area contributed by atoms with Crippen molar-refractivity contribution in [3.05, 3.63) is 22.2 Å². The Bertz CT molecular complexity index is 134. The first-order valence-electron chi connectivity index (χ1n) is 2.79. The molecule has 0 spiro atoms. The molecular weight excluding hydrogens is 244 g/mol. The molecule has 0 amide bonds. The Morgan fingerprint density at radius 1 is 1.33 bits per heavy atom. The molecule has 0 fully saturated rings. The normalized spacial score (nSPS) is 14.2. The fourth-order valence-corrected chi connectivity index (χ4v) is 1.84. The summed E-state index contributed by atoms with van der Waals surface area (Å²) in [6, 6.07) is 0. The molecule has 0 aliphatic carbocycles. The van der Waals surface area contributed by atoms with Gasteiger partial charge in [0, 0.05) is 9.81 Å². The Kier molecular flexibility index (Phi) is 5.50. The third-order valence-corrected chi connectivity index (χ3v) is 2.62. The zero-order valence-electron chi connectivity index (χ0n) is 5.62. The summed E-state index contributed by atoms with van der Waals surface area (Å²) in [5.41, 5.74) is 1.29. The van der Waals surface area contributed by atoms with Crippen LogP contribution in [0.15, 0.2) is 22.2 Å². The Labute approximate surface area is 73.3 Å². The van der Waals surface area contributed by atoms with E-state index < -0.39 is 0 Å². The zero-order chi connectivity index (χ0) is 7.28. The van der Waals surface area contributed by atoms with Gasteiger partial charge in [-0.05, 0) is 19.4 Å². The monoisotopic (exact) mass is 252 g/mol. The van der Waals surface area contributed by atoms with Crippen LogP contribution >= 0.6 is 31.9 Å². The molecule has 52 valence electrons. The second-order valence-corrected chi connectivity index (χ2v) is 3.00. The van der Waals surface area contributed by atoms with E-state index in [9.17, 15) is 0 Å². The molecule has 0 unspecified atom stereocenters. The molecule has 0 aliphatic rings. The fourth-order valence-electron chi connectivity index (χ4n) is 0.464. The molecule has 0 heterocycles. The minimum Gasteiger partial charge on any atom is -0.0876 e. The molecule has 2 heteroatoms. The lowest BCUT2D eigenvalue weighted by atomic mass is 10.3. The van der Waals surface area contributed by atoms with Crippen molar-refractivity contribution in [3.8, 4) is 0 Å². The van der Waals surface area contributed by atoms with E-state index in [4.69, 9.17) is 0 Å². The molecule has 0 bridgehead atoms. The van der Waals surface area contributed by atoms with Crippen LogP contribution in [0.4, 0.5) is 0 Å². The number of hydrogen-bond acceptors (Lipinski definition) is 0. The Balaban J connectivity index is 4.14. The van der Waals surface area contributed by atoms with Crippen molar-refractivity contribution < 1.29 is 0 Å². The predicted octanol–water partition coefficient (Wildman–Crippen LogP) is 3.63. The van der Waals surface area contributed by atoms with E-state index in [-0.39, 0.29) is 0 Å². The summed E-state index contributed by atoms with van der Waals surface area (Å²) in [6.45, 7) is 4.04. The summed E-state index contributed by atoms with van der Waals surface area (Å²) in [6.07, 6.45) is 4.12. The van der Waals surface area contributed by atoms with Gasteiger partial charge in [-0.15, -0.1) is 0 Å². The molecule has 0 aromatic rings. The highest BCUT2D eigenvalue weighted by molar-refractivity contribution is 9.12. The molecule has 0 aliphatic heterocycles. The molecule has 0 saturated heterocycles. The highest BCUT2D eigenvalue weighted by Gasteiger charge is 1.94. The van der Waals surface area contributed by atoms with Crippen molar-refractivity contribution in [1.29, 1.82) is 0 Å². The SMILES string of the molecule is CC=C(Br)C(=CC)CBr. The van der Waals surface area contributed by atoms with Gasteiger partial charge in [0.05, 0.1) is 0 Å². The van der Waals surface area contributed by atoms with Crippen LogP contribution in [0.3, 0.4) is 0 Å². The van der Waals surface area contributed by atoms with Gasteiger partial charge in [0.25, 0.3) is 0 Å². The first kappa shape index (κ1) is 9.44. The molecule has 0 saturated carbocycles. The van der Waals surface area contributed by atoms with E-state index in [1.165, 1.54) is 10.1 Å². The van der Waals surface area contributed by atoms with Crippen molar-refractivity contribution >= 4 is 31.9 Å². The highest BCUT2D eigenvalue weighted by Crippen LogP contribution is 2.18. The number of alkyl halides is 1. The van der Waals surface area contributed by atoms with Gasteiger partial charge in [0.1, 0.15) is 0 Å². The van der Waals surface area contributed by atoms with Crippen LogP contribution in [-0.4, -0.2) is 5.33 Å². The van der Waals surface area contributed by atoms with E-state index in [0.29, 0.717) is 0 Å². The van der Waals surface area contributed by atoms with Crippen LogP contribution < -0.4 is 0 Å². The lowest BCUT2D eigenvalue weighted by molar-refractivity contribution is 1.48. The minimum absolute atomic E-state index is 0.911. The summed E-state index contributed by atoms with van der Waals surface area (Å²) in [4.78, 5) is 0. The van der Waals surface area contributed by atoms with Gasteiger partial charge >= 0.3 is 0 Å². The average Bonchev–Trinajstić information content (AvgIpc) is 1.90. The van der Waals surface area contributed by atoms with Gasteiger partial charge < -0.3 is 0 Å². The molecule has 0 aromatic carbocycles. The third-order valence-electron chi connectivity index (χ3n) is 1.05. The summed E-state index contributed by atoms with van der Waals surface area (Å²) in [5.74, 6) is 0. The van der Waals surface area contributed by atoms with Crippen LogP contribution in [0.2, 0.25) is 0 Å². The molecule has 0 rings (SSSR count). The number of halogens is 2. The maximum Gasteiger partial charge on any atom is 0.0290 e. The molecule has 0 nitrogen and oxygen atoms in total. The van der Waals surface area contributed by atoms with E-state index >= 15 is 0 Å². The van der Waals surface area contributed by atoms with E-state index in [1.54, 1.807) is 0 Å². The second-order valence-electron chi connectivity index (χ2n) is 1.58. The van der Waals surface area contributed by atoms with Crippen LogP contribution in [0.1, 0.15) is 13.8 Å². The van der Waals surface area contributed by atoms with Crippen molar-refractivity contribution in [2.45, 2.75) is 13.8 Å². The molecular formula is C7H10Br2. The van der Waals surface area contributed by atoms with E-state index in [2.05, 4.69) is 37.9 Å². The van der Waals surface area contributed by atoms with Gasteiger partial charge in [-0.25, -0.2) is 0 Å². The largest absolute Gasteiger partial charge is 0.0876 e. The average molecular weight is 254 g/mol. The topological polar surface area (TPSA) is 0 Å². The van der Waals surface area contributed by atoms with Crippen LogP contribution in [0.25, 0.3) is 0 Å². The summed E-state index contributed by atoms with van der Waals surface area (Å²) in [7, 11) is 0. The Hall–Kier alpha value is 0.440. The third kappa shape index (κ3) is 3.21. The Morgan fingerprint density at radius 2 is 1.89 bits per heavy atom. The van der Waals surface area contributed by atoms with Crippen molar-refractivity contribution in [3.63, 3.8) is 0 Å². The quantitative estimate of drug-likeness (QED) is 0.521. The van der Waals surface area contributed by atoms with Crippen LogP contribution in [0, 0.1) is 0 Å². The lowest BCUT2D eigenvalue weighted by Crippen LogP contribution is -1.81. The first-order chi connectivity index (χ1) is 4.26. The van der Waals surface area contributed by atoms with Gasteiger partial charge in [-0.1, -0.05) is 44.0 Å². The zero-order valence-corrected chi connectivity index (χ0v) is 8.79. The molecule has 0 N–H and O–H groups in total. The summed E-state index contributed by atoms with van der Waals surface area (Å²) in [5, 5.41) is 0.911. The number of hydrogen-bond donors (Lipinski definition) is 0. The smallest absolute Gasteiger partial charge is 0.0290 e. The molecule has 0 atom stereocenters. The minimum atomic E-state index is 0.911. The summed E-state index contributed by atoms with van der Waals surface area (Å²) >= 11 is 6.80. The fraction of sp³-hybridized carbons (Fsp3) is 0.429. The maximum atomic E-state index is 3.43. The lowest BCUT2D eigenvalue weighted by Gasteiger charge is -1.97.